The highest BCUT2D eigenvalue weighted by Gasteiger charge is 2.31. The van der Waals surface area contributed by atoms with Crippen LogP contribution in [0.1, 0.15) is 33.6 Å². The summed E-state index contributed by atoms with van der Waals surface area (Å²) in [6, 6.07) is 1.84. The molecule has 1 amide bonds. The molecule has 7 nitrogen and oxygen atoms in total. The zero-order chi connectivity index (χ0) is 16.2. The molecule has 1 aromatic rings. The largest absolute Gasteiger partial charge is 0.481 e. The monoisotopic (exact) mass is 308 g/mol. The Hall–Kier alpha value is -2.05. The summed E-state index contributed by atoms with van der Waals surface area (Å²) in [6.07, 6.45) is 3.13. The van der Waals surface area contributed by atoms with E-state index in [1.165, 1.54) is 6.33 Å². The van der Waals surface area contributed by atoms with Crippen molar-refractivity contribution >= 4 is 11.9 Å². The molecule has 1 aliphatic heterocycles. The average Bonchev–Trinajstić information content (AvgIpc) is 2.92. The number of hydrogen-bond donors (Lipinski definition) is 1. The number of amides is 1. The number of nitrogens with one attached hydrogen (secondary N) is 1. The van der Waals surface area contributed by atoms with Crippen molar-refractivity contribution in [2.75, 3.05) is 25.5 Å². The Morgan fingerprint density at radius 3 is 2.91 bits per heavy atom. The molecule has 1 fully saturated rings. The van der Waals surface area contributed by atoms with Gasteiger partial charge in [-0.1, -0.05) is 0 Å². The summed E-state index contributed by atoms with van der Waals surface area (Å²) in [6.45, 7) is 6.98. The number of carbonyl (C=O) groups is 1. The van der Waals surface area contributed by atoms with Crippen molar-refractivity contribution in [1.29, 1.82) is 0 Å². The number of aromatic nitrogens is 2. The van der Waals surface area contributed by atoms with Gasteiger partial charge in [-0.3, -0.25) is 0 Å². The van der Waals surface area contributed by atoms with Crippen LogP contribution in [0.25, 0.3) is 0 Å². The molecular weight excluding hydrogens is 284 g/mol. The summed E-state index contributed by atoms with van der Waals surface area (Å²) in [7, 11) is 1.56. The third kappa shape index (κ3) is 4.47. The van der Waals surface area contributed by atoms with Crippen LogP contribution < -0.4 is 10.1 Å². The molecule has 2 heterocycles. The van der Waals surface area contributed by atoms with E-state index in [9.17, 15) is 4.79 Å². The molecule has 0 radical (unpaired) electrons. The third-order valence-corrected chi connectivity index (χ3v) is 3.38. The lowest BCUT2D eigenvalue weighted by molar-refractivity contribution is 0.0235. The summed E-state index contributed by atoms with van der Waals surface area (Å²) < 4.78 is 10.5. The minimum absolute atomic E-state index is 0.107. The second-order valence-corrected chi connectivity index (χ2v) is 6.30. The topological polar surface area (TPSA) is 76.6 Å². The Morgan fingerprint density at radius 1 is 1.45 bits per heavy atom. The zero-order valence-corrected chi connectivity index (χ0v) is 13.6. The fourth-order valence-electron chi connectivity index (χ4n) is 2.38. The first kappa shape index (κ1) is 16.3. The van der Waals surface area contributed by atoms with Crippen molar-refractivity contribution in [1.82, 2.24) is 14.9 Å². The van der Waals surface area contributed by atoms with Crippen LogP contribution in [0.15, 0.2) is 12.4 Å². The van der Waals surface area contributed by atoms with Crippen LogP contribution in [0.4, 0.5) is 10.6 Å². The normalized spacial score (nSPS) is 18.2. The molecule has 0 bridgehead atoms. The van der Waals surface area contributed by atoms with Gasteiger partial charge in [-0.2, -0.15) is 0 Å². The van der Waals surface area contributed by atoms with Gasteiger partial charge >= 0.3 is 6.09 Å². The lowest BCUT2D eigenvalue weighted by atomic mass is 10.2. The number of hydrogen-bond acceptors (Lipinski definition) is 6. The smallest absolute Gasteiger partial charge is 0.410 e. The van der Waals surface area contributed by atoms with E-state index in [2.05, 4.69) is 15.3 Å². The van der Waals surface area contributed by atoms with Crippen molar-refractivity contribution < 1.29 is 14.3 Å². The Labute approximate surface area is 131 Å². The highest BCUT2D eigenvalue weighted by Crippen LogP contribution is 2.21. The number of carbonyl (C=O) groups excluding carboxylic acids is 1. The molecule has 2 rings (SSSR count). The van der Waals surface area contributed by atoms with Gasteiger partial charge in [-0.05, 0) is 33.6 Å². The molecule has 0 aliphatic carbocycles. The Kier molecular flexibility index (Phi) is 5.05. The molecule has 1 atom stereocenters. The molecule has 0 aromatic carbocycles. The standard InChI is InChI=1S/C15H24N4O3/c1-15(2,3)22-14(20)19-7-5-6-11(19)9-16-12-8-13(21-4)18-10-17-12/h8,10-11H,5-7,9H2,1-4H3,(H,16,17,18). The number of likely N-dealkylation sites (tertiary alicyclic amines) is 1. The van der Waals surface area contributed by atoms with Gasteiger partial charge in [0.05, 0.1) is 13.2 Å². The summed E-state index contributed by atoms with van der Waals surface area (Å²) >= 11 is 0. The Morgan fingerprint density at radius 2 is 2.23 bits per heavy atom. The summed E-state index contributed by atoms with van der Waals surface area (Å²) in [5.41, 5.74) is -0.475. The van der Waals surface area contributed by atoms with Crippen molar-refractivity contribution in [3.05, 3.63) is 12.4 Å². The fraction of sp³-hybridized carbons (Fsp3) is 0.667. The number of anilines is 1. The van der Waals surface area contributed by atoms with E-state index in [-0.39, 0.29) is 12.1 Å². The molecular formula is C15H24N4O3. The first-order chi connectivity index (χ1) is 10.4. The van der Waals surface area contributed by atoms with Crippen LogP contribution in [0, 0.1) is 0 Å². The maximum atomic E-state index is 12.2. The molecule has 0 saturated carbocycles. The zero-order valence-electron chi connectivity index (χ0n) is 13.6. The highest BCUT2D eigenvalue weighted by atomic mass is 16.6. The molecule has 0 spiro atoms. The van der Waals surface area contributed by atoms with Crippen LogP contribution in [-0.2, 0) is 4.74 Å². The van der Waals surface area contributed by atoms with Gasteiger partial charge in [0, 0.05) is 19.2 Å². The first-order valence-corrected chi connectivity index (χ1v) is 7.48. The van der Waals surface area contributed by atoms with E-state index in [1.54, 1.807) is 18.1 Å². The maximum Gasteiger partial charge on any atom is 0.410 e. The van der Waals surface area contributed by atoms with Crippen LogP contribution in [0.5, 0.6) is 5.88 Å². The second kappa shape index (κ2) is 6.81. The van der Waals surface area contributed by atoms with E-state index in [1.807, 2.05) is 20.8 Å². The van der Waals surface area contributed by atoms with Crippen molar-refractivity contribution in [3.8, 4) is 5.88 Å². The minimum Gasteiger partial charge on any atom is -0.481 e. The molecule has 1 aromatic heterocycles. The third-order valence-electron chi connectivity index (χ3n) is 3.38. The predicted molar refractivity (Wildman–Crippen MR) is 83.0 cm³/mol. The number of methoxy groups -OCH3 is 1. The van der Waals surface area contributed by atoms with Gasteiger partial charge in [-0.15, -0.1) is 0 Å². The van der Waals surface area contributed by atoms with Crippen LogP contribution >= 0.6 is 0 Å². The van der Waals surface area contributed by atoms with Gasteiger partial charge < -0.3 is 19.7 Å². The first-order valence-electron chi connectivity index (χ1n) is 7.48. The number of rotatable bonds is 4. The molecule has 1 N–H and O–H groups in total. The molecule has 22 heavy (non-hydrogen) atoms. The maximum absolute atomic E-state index is 12.2. The number of nitrogens with zero attached hydrogens (tertiary/aromatic N) is 3. The molecule has 1 aliphatic rings. The summed E-state index contributed by atoms with van der Waals surface area (Å²) in [5, 5.41) is 3.23. The fourth-order valence-corrected chi connectivity index (χ4v) is 2.38. The second-order valence-electron chi connectivity index (χ2n) is 6.30. The Balaban J connectivity index is 1.92. The lowest BCUT2D eigenvalue weighted by Gasteiger charge is -2.28. The van der Waals surface area contributed by atoms with Crippen LogP contribution in [0.3, 0.4) is 0 Å². The van der Waals surface area contributed by atoms with E-state index in [0.29, 0.717) is 18.2 Å². The quantitative estimate of drug-likeness (QED) is 0.919. The van der Waals surface area contributed by atoms with Gasteiger partial charge in [0.25, 0.3) is 0 Å². The van der Waals surface area contributed by atoms with Crippen molar-refractivity contribution in [2.45, 2.75) is 45.3 Å². The number of ether oxygens (including phenoxy) is 2. The Bertz CT molecular complexity index is 516. The minimum atomic E-state index is -0.475. The molecule has 1 unspecified atom stereocenters. The van der Waals surface area contributed by atoms with E-state index >= 15 is 0 Å². The van der Waals surface area contributed by atoms with E-state index in [0.717, 1.165) is 19.4 Å². The van der Waals surface area contributed by atoms with Crippen LogP contribution in [-0.4, -0.2) is 52.8 Å². The van der Waals surface area contributed by atoms with Crippen molar-refractivity contribution in [2.24, 2.45) is 0 Å². The van der Waals surface area contributed by atoms with Gasteiger partial charge in [0.15, 0.2) is 0 Å². The van der Waals surface area contributed by atoms with E-state index in [4.69, 9.17) is 9.47 Å². The van der Waals surface area contributed by atoms with Crippen LogP contribution in [0.2, 0.25) is 0 Å². The highest BCUT2D eigenvalue weighted by molar-refractivity contribution is 5.69. The predicted octanol–water partition coefficient (Wildman–Crippen LogP) is 2.30. The van der Waals surface area contributed by atoms with Gasteiger partial charge in [0.1, 0.15) is 17.7 Å². The van der Waals surface area contributed by atoms with E-state index < -0.39 is 5.60 Å². The summed E-state index contributed by atoms with van der Waals surface area (Å²) in [4.78, 5) is 22.1. The molecule has 122 valence electrons. The van der Waals surface area contributed by atoms with Gasteiger partial charge in [0.2, 0.25) is 5.88 Å². The summed E-state index contributed by atoms with van der Waals surface area (Å²) in [5.74, 6) is 1.19. The lowest BCUT2D eigenvalue weighted by Crippen LogP contribution is -2.42. The van der Waals surface area contributed by atoms with Crippen molar-refractivity contribution in [3.63, 3.8) is 0 Å². The van der Waals surface area contributed by atoms with Gasteiger partial charge in [-0.25, -0.2) is 14.8 Å². The molecule has 1 saturated heterocycles. The SMILES string of the molecule is COc1cc(NCC2CCCN2C(=O)OC(C)(C)C)ncn1. The average molecular weight is 308 g/mol. The molecule has 7 heteroatoms.